The number of benzene rings is 2. The minimum Gasteiger partial charge on any atom is -0.481 e. The Balaban J connectivity index is 1.86. The van der Waals surface area contributed by atoms with Crippen molar-refractivity contribution >= 4 is 22.8 Å². The summed E-state index contributed by atoms with van der Waals surface area (Å²) in [6.07, 6.45) is 0.653. The largest absolute Gasteiger partial charge is 0.481 e. The molecule has 0 saturated heterocycles. The number of nitrogens with one attached hydrogen (secondary N) is 1. The van der Waals surface area contributed by atoms with Gasteiger partial charge in [-0.2, -0.15) is 0 Å². The van der Waals surface area contributed by atoms with Crippen molar-refractivity contribution in [1.29, 1.82) is 0 Å². The SMILES string of the molecule is COC(=O)c1cc2cc(-c3ccc(CCC(=O)O)cc3)ccc2[nH]1. The molecular formula is C19H17NO4. The number of carboxylic acids is 1. The van der Waals surface area contributed by atoms with Gasteiger partial charge in [-0.25, -0.2) is 4.79 Å². The van der Waals surface area contributed by atoms with Crippen molar-refractivity contribution in [3.63, 3.8) is 0 Å². The standard InChI is InChI=1S/C19H17NO4/c1-24-19(23)17-11-15-10-14(7-8-16(15)20-17)13-5-2-12(3-6-13)4-9-18(21)22/h2-3,5-8,10-11,20H,4,9H2,1H3,(H,21,22). The monoisotopic (exact) mass is 323 g/mol. The van der Waals surface area contributed by atoms with Gasteiger partial charge >= 0.3 is 11.9 Å². The Bertz CT molecular complexity index is 893. The molecule has 0 unspecified atom stereocenters. The topological polar surface area (TPSA) is 79.4 Å². The number of fused-ring (bicyclic) bond motifs is 1. The van der Waals surface area contributed by atoms with Crippen molar-refractivity contribution in [2.75, 3.05) is 7.11 Å². The van der Waals surface area contributed by atoms with E-state index in [1.54, 1.807) is 6.07 Å². The molecule has 0 bridgehead atoms. The Morgan fingerprint density at radius 1 is 1.04 bits per heavy atom. The average Bonchev–Trinajstić information content (AvgIpc) is 3.03. The number of rotatable bonds is 5. The van der Waals surface area contributed by atoms with Crippen LogP contribution in [0.15, 0.2) is 48.5 Å². The van der Waals surface area contributed by atoms with Crippen LogP contribution in [0.2, 0.25) is 0 Å². The van der Waals surface area contributed by atoms with Gasteiger partial charge in [-0.05, 0) is 41.3 Å². The van der Waals surface area contributed by atoms with E-state index >= 15 is 0 Å². The number of hydrogen-bond acceptors (Lipinski definition) is 3. The third-order valence-corrected chi connectivity index (χ3v) is 3.94. The third-order valence-electron chi connectivity index (χ3n) is 3.94. The summed E-state index contributed by atoms with van der Waals surface area (Å²) in [6.45, 7) is 0. The summed E-state index contributed by atoms with van der Waals surface area (Å²) in [6, 6.07) is 15.5. The van der Waals surface area contributed by atoms with Crippen LogP contribution < -0.4 is 0 Å². The minimum absolute atomic E-state index is 0.130. The van der Waals surface area contributed by atoms with E-state index in [1.807, 2.05) is 42.5 Å². The molecule has 1 heterocycles. The molecule has 122 valence electrons. The quantitative estimate of drug-likeness (QED) is 0.703. The first-order valence-electron chi connectivity index (χ1n) is 7.59. The normalized spacial score (nSPS) is 10.7. The second kappa shape index (κ2) is 6.58. The molecule has 5 heteroatoms. The van der Waals surface area contributed by atoms with Crippen LogP contribution in [-0.4, -0.2) is 29.1 Å². The van der Waals surface area contributed by atoms with Gasteiger partial charge in [0.2, 0.25) is 0 Å². The van der Waals surface area contributed by atoms with Crippen LogP contribution in [0.5, 0.6) is 0 Å². The molecule has 24 heavy (non-hydrogen) atoms. The fourth-order valence-corrected chi connectivity index (χ4v) is 2.65. The van der Waals surface area contributed by atoms with Crippen molar-refractivity contribution in [2.24, 2.45) is 0 Å². The highest BCUT2D eigenvalue weighted by Gasteiger charge is 2.10. The molecule has 0 aliphatic carbocycles. The van der Waals surface area contributed by atoms with Crippen molar-refractivity contribution < 1.29 is 19.4 Å². The van der Waals surface area contributed by atoms with Crippen LogP contribution >= 0.6 is 0 Å². The van der Waals surface area contributed by atoms with Gasteiger partial charge in [0, 0.05) is 17.3 Å². The van der Waals surface area contributed by atoms with Crippen molar-refractivity contribution in [3.05, 3.63) is 59.8 Å². The first-order chi connectivity index (χ1) is 11.6. The summed E-state index contributed by atoms with van der Waals surface area (Å²) in [7, 11) is 1.35. The molecule has 0 amide bonds. The summed E-state index contributed by atoms with van der Waals surface area (Å²) in [5.41, 5.74) is 4.36. The predicted octanol–water partition coefficient (Wildman–Crippen LogP) is 3.64. The first kappa shape index (κ1) is 15.8. The van der Waals surface area contributed by atoms with E-state index in [0.29, 0.717) is 12.1 Å². The maximum atomic E-state index is 11.6. The number of carboxylic acid groups (broad SMARTS) is 1. The predicted molar refractivity (Wildman–Crippen MR) is 91.0 cm³/mol. The molecule has 0 atom stereocenters. The molecule has 0 aliphatic heterocycles. The Morgan fingerprint density at radius 2 is 1.75 bits per heavy atom. The maximum Gasteiger partial charge on any atom is 0.354 e. The number of aliphatic carboxylic acids is 1. The molecule has 1 aromatic heterocycles. The van der Waals surface area contributed by atoms with E-state index in [1.165, 1.54) is 7.11 Å². The van der Waals surface area contributed by atoms with Crippen LogP contribution in [0.3, 0.4) is 0 Å². The number of aromatic amines is 1. The maximum absolute atomic E-state index is 11.6. The molecule has 0 radical (unpaired) electrons. The number of ether oxygens (including phenoxy) is 1. The first-order valence-corrected chi connectivity index (χ1v) is 7.59. The fraction of sp³-hybridized carbons (Fsp3) is 0.158. The average molecular weight is 323 g/mol. The zero-order valence-electron chi connectivity index (χ0n) is 13.2. The zero-order chi connectivity index (χ0) is 17.1. The van der Waals surface area contributed by atoms with Gasteiger partial charge in [-0.3, -0.25) is 4.79 Å². The van der Waals surface area contributed by atoms with Gasteiger partial charge < -0.3 is 14.8 Å². The Morgan fingerprint density at radius 3 is 2.42 bits per heavy atom. The van der Waals surface area contributed by atoms with Crippen molar-refractivity contribution in [2.45, 2.75) is 12.8 Å². The molecule has 0 fully saturated rings. The summed E-state index contributed by atoms with van der Waals surface area (Å²) in [5.74, 6) is -1.19. The number of H-pyrrole nitrogens is 1. The number of carbonyl (C=O) groups excluding carboxylic acids is 1. The number of aryl methyl sites for hydroxylation is 1. The second-order valence-corrected chi connectivity index (χ2v) is 5.57. The number of esters is 1. The van der Waals surface area contributed by atoms with E-state index < -0.39 is 11.9 Å². The number of hydrogen-bond donors (Lipinski definition) is 2. The second-order valence-electron chi connectivity index (χ2n) is 5.57. The lowest BCUT2D eigenvalue weighted by Crippen LogP contribution is -2.00. The highest BCUT2D eigenvalue weighted by molar-refractivity contribution is 5.96. The lowest BCUT2D eigenvalue weighted by Gasteiger charge is -2.04. The van der Waals surface area contributed by atoms with E-state index in [9.17, 15) is 9.59 Å². The van der Waals surface area contributed by atoms with Crippen molar-refractivity contribution in [3.8, 4) is 11.1 Å². The molecule has 3 aromatic rings. The summed E-state index contributed by atoms with van der Waals surface area (Å²) in [5, 5.41) is 9.66. The fourth-order valence-electron chi connectivity index (χ4n) is 2.65. The lowest BCUT2D eigenvalue weighted by atomic mass is 10.0. The smallest absolute Gasteiger partial charge is 0.354 e. The van der Waals surface area contributed by atoms with Crippen LogP contribution in [0, 0.1) is 0 Å². The van der Waals surface area contributed by atoms with Crippen LogP contribution in [0.1, 0.15) is 22.5 Å². The summed E-state index contributed by atoms with van der Waals surface area (Å²) >= 11 is 0. The van der Waals surface area contributed by atoms with E-state index in [4.69, 9.17) is 9.84 Å². The molecule has 0 saturated carbocycles. The molecule has 5 nitrogen and oxygen atoms in total. The van der Waals surface area contributed by atoms with Gasteiger partial charge in [-0.1, -0.05) is 30.3 Å². The molecular weight excluding hydrogens is 306 g/mol. The molecule has 2 aromatic carbocycles. The summed E-state index contributed by atoms with van der Waals surface area (Å²) < 4.78 is 4.72. The Hall–Kier alpha value is -3.08. The highest BCUT2D eigenvalue weighted by atomic mass is 16.5. The van der Waals surface area contributed by atoms with Crippen LogP contribution in [0.25, 0.3) is 22.0 Å². The minimum atomic E-state index is -0.793. The molecule has 3 rings (SSSR count). The van der Waals surface area contributed by atoms with Crippen molar-refractivity contribution in [1.82, 2.24) is 4.98 Å². The summed E-state index contributed by atoms with van der Waals surface area (Å²) in [4.78, 5) is 25.2. The lowest BCUT2D eigenvalue weighted by molar-refractivity contribution is -0.136. The van der Waals surface area contributed by atoms with Gasteiger partial charge in [0.05, 0.1) is 7.11 Å². The molecule has 0 spiro atoms. The van der Waals surface area contributed by atoms with E-state index in [0.717, 1.165) is 27.6 Å². The highest BCUT2D eigenvalue weighted by Crippen LogP contribution is 2.25. The van der Waals surface area contributed by atoms with Gasteiger partial charge in [0.25, 0.3) is 0 Å². The van der Waals surface area contributed by atoms with Crippen LogP contribution in [-0.2, 0) is 16.0 Å². The Labute approximate surface area is 138 Å². The van der Waals surface area contributed by atoms with Gasteiger partial charge in [-0.15, -0.1) is 0 Å². The third kappa shape index (κ3) is 3.30. The van der Waals surface area contributed by atoms with Gasteiger partial charge in [0.1, 0.15) is 5.69 Å². The van der Waals surface area contributed by atoms with Gasteiger partial charge in [0.15, 0.2) is 0 Å². The van der Waals surface area contributed by atoms with E-state index in [-0.39, 0.29) is 6.42 Å². The Kier molecular flexibility index (Phi) is 4.33. The number of carbonyl (C=O) groups is 2. The van der Waals surface area contributed by atoms with Crippen LogP contribution in [0.4, 0.5) is 0 Å². The van der Waals surface area contributed by atoms with E-state index in [2.05, 4.69) is 4.98 Å². The zero-order valence-corrected chi connectivity index (χ0v) is 13.2. The molecule has 0 aliphatic rings. The number of aromatic nitrogens is 1. The number of methoxy groups -OCH3 is 1. The molecule has 2 N–H and O–H groups in total.